The van der Waals surface area contributed by atoms with E-state index in [9.17, 15) is 13.2 Å². The third kappa shape index (κ3) is 4.43. The van der Waals surface area contributed by atoms with Gasteiger partial charge in [0.15, 0.2) is 0 Å². The van der Waals surface area contributed by atoms with Crippen molar-refractivity contribution in [3.63, 3.8) is 0 Å². The Morgan fingerprint density at radius 1 is 1.21 bits per heavy atom. The van der Waals surface area contributed by atoms with Crippen LogP contribution in [0.5, 0.6) is 0 Å². The maximum absolute atomic E-state index is 12.0. The van der Waals surface area contributed by atoms with Gasteiger partial charge < -0.3 is 5.32 Å². The lowest BCUT2D eigenvalue weighted by Crippen LogP contribution is -2.52. The summed E-state index contributed by atoms with van der Waals surface area (Å²) in [5, 5.41) is 2.95. The number of rotatable bonds is 3. The number of hydrogen-bond acceptors (Lipinski definition) is 4. The maximum Gasteiger partial charge on any atom is 0.237 e. The molecular formula is C12H23N3O3S. The minimum atomic E-state index is -3.13. The zero-order valence-electron chi connectivity index (χ0n) is 11.4. The lowest BCUT2D eigenvalue weighted by molar-refractivity contribution is -0.126. The van der Waals surface area contributed by atoms with Crippen molar-refractivity contribution < 1.29 is 13.2 Å². The minimum Gasteiger partial charge on any atom is -0.355 e. The third-order valence-electron chi connectivity index (χ3n) is 3.86. The van der Waals surface area contributed by atoms with E-state index in [0.29, 0.717) is 0 Å². The van der Waals surface area contributed by atoms with Gasteiger partial charge in [-0.3, -0.25) is 9.69 Å². The molecule has 0 aromatic heterocycles. The van der Waals surface area contributed by atoms with Gasteiger partial charge in [-0.05, 0) is 32.1 Å². The molecule has 0 radical (unpaired) electrons. The summed E-state index contributed by atoms with van der Waals surface area (Å²) in [4.78, 5) is 14.2. The molecule has 2 fully saturated rings. The smallest absolute Gasteiger partial charge is 0.237 e. The number of nitrogens with one attached hydrogen (secondary N) is 2. The summed E-state index contributed by atoms with van der Waals surface area (Å²) in [7, 11) is -3.13. The molecule has 2 aliphatic heterocycles. The standard InChI is InChI=1S/C12H23N3O3S/c1-19(17,18)14-10-5-8-15(9-6-10)11-4-2-3-7-13-12(11)16/h10-11,14H,2-9H2,1H3,(H,13,16). The Morgan fingerprint density at radius 2 is 1.89 bits per heavy atom. The fourth-order valence-electron chi connectivity index (χ4n) is 2.90. The van der Waals surface area contributed by atoms with E-state index in [1.165, 1.54) is 6.26 Å². The fourth-order valence-corrected chi connectivity index (χ4v) is 3.74. The van der Waals surface area contributed by atoms with Crippen molar-refractivity contribution in [3.8, 4) is 0 Å². The van der Waals surface area contributed by atoms with Gasteiger partial charge in [-0.25, -0.2) is 13.1 Å². The molecule has 6 nitrogen and oxygen atoms in total. The van der Waals surface area contributed by atoms with Crippen molar-refractivity contribution in [3.05, 3.63) is 0 Å². The van der Waals surface area contributed by atoms with Gasteiger partial charge in [-0.1, -0.05) is 0 Å². The molecule has 0 spiro atoms. The molecule has 0 bridgehead atoms. The highest BCUT2D eigenvalue weighted by Crippen LogP contribution is 2.18. The van der Waals surface area contributed by atoms with Crippen LogP contribution in [0.1, 0.15) is 32.1 Å². The quantitative estimate of drug-likeness (QED) is 0.745. The highest BCUT2D eigenvalue weighted by atomic mass is 32.2. The average Bonchev–Trinajstić information content (AvgIpc) is 2.53. The van der Waals surface area contributed by atoms with Crippen molar-refractivity contribution >= 4 is 15.9 Å². The van der Waals surface area contributed by atoms with Gasteiger partial charge in [0.25, 0.3) is 0 Å². The Balaban J connectivity index is 1.86. The van der Waals surface area contributed by atoms with E-state index in [2.05, 4.69) is 14.9 Å². The molecule has 2 N–H and O–H groups in total. The van der Waals surface area contributed by atoms with Crippen LogP contribution in [0.2, 0.25) is 0 Å². The largest absolute Gasteiger partial charge is 0.355 e. The summed E-state index contributed by atoms with van der Waals surface area (Å²) in [6, 6.07) is -0.0122. The van der Waals surface area contributed by atoms with E-state index in [-0.39, 0.29) is 18.0 Å². The van der Waals surface area contributed by atoms with Crippen LogP contribution in [0.4, 0.5) is 0 Å². The first-order valence-electron chi connectivity index (χ1n) is 6.95. The van der Waals surface area contributed by atoms with E-state index in [1.54, 1.807) is 0 Å². The number of carbonyl (C=O) groups excluding carboxylic acids is 1. The number of piperidine rings is 1. The van der Waals surface area contributed by atoms with Crippen LogP contribution in [-0.2, 0) is 14.8 Å². The van der Waals surface area contributed by atoms with Crippen molar-refractivity contribution in [1.29, 1.82) is 0 Å². The highest BCUT2D eigenvalue weighted by Gasteiger charge is 2.30. The predicted octanol–water partition coefficient (Wildman–Crippen LogP) is -0.331. The normalized spacial score (nSPS) is 27.8. The topological polar surface area (TPSA) is 78.5 Å². The first-order chi connectivity index (χ1) is 8.96. The molecule has 0 aromatic rings. The maximum atomic E-state index is 12.0. The predicted molar refractivity (Wildman–Crippen MR) is 73.2 cm³/mol. The molecular weight excluding hydrogens is 266 g/mol. The number of carbonyl (C=O) groups is 1. The summed E-state index contributed by atoms with van der Waals surface area (Å²) < 4.78 is 25.0. The molecule has 2 heterocycles. The van der Waals surface area contributed by atoms with E-state index < -0.39 is 10.0 Å². The zero-order valence-corrected chi connectivity index (χ0v) is 12.2. The first kappa shape index (κ1) is 14.7. The monoisotopic (exact) mass is 289 g/mol. The molecule has 1 amide bonds. The molecule has 1 atom stereocenters. The summed E-state index contributed by atoms with van der Waals surface area (Å²) >= 11 is 0. The Labute approximate surface area is 115 Å². The number of likely N-dealkylation sites (tertiary alicyclic amines) is 1. The Hall–Kier alpha value is -0.660. The van der Waals surface area contributed by atoms with Gasteiger partial charge in [-0.15, -0.1) is 0 Å². The van der Waals surface area contributed by atoms with Crippen LogP contribution in [0.3, 0.4) is 0 Å². The minimum absolute atomic E-state index is 0.0140. The number of sulfonamides is 1. The molecule has 7 heteroatoms. The lowest BCUT2D eigenvalue weighted by atomic mass is 10.0. The molecule has 19 heavy (non-hydrogen) atoms. The number of nitrogens with zero attached hydrogens (tertiary/aromatic N) is 1. The lowest BCUT2D eigenvalue weighted by Gasteiger charge is -2.36. The summed E-state index contributed by atoms with van der Waals surface area (Å²) in [5.74, 6) is 0.132. The molecule has 110 valence electrons. The van der Waals surface area contributed by atoms with E-state index in [4.69, 9.17) is 0 Å². The van der Waals surface area contributed by atoms with Gasteiger partial charge in [0.05, 0.1) is 12.3 Å². The van der Waals surface area contributed by atoms with E-state index >= 15 is 0 Å². The molecule has 0 aromatic carbocycles. The van der Waals surface area contributed by atoms with Crippen LogP contribution in [0.25, 0.3) is 0 Å². The van der Waals surface area contributed by atoms with Gasteiger partial charge in [0, 0.05) is 25.7 Å². The molecule has 0 aliphatic carbocycles. The number of hydrogen-bond donors (Lipinski definition) is 2. The van der Waals surface area contributed by atoms with Gasteiger partial charge in [0.2, 0.25) is 15.9 Å². The van der Waals surface area contributed by atoms with Crippen molar-refractivity contribution in [2.24, 2.45) is 0 Å². The van der Waals surface area contributed by atoms with Gasteiger partial charge in [-0.2, -0.15) is 0 Å². The van der Waals surface area contributed by atoms with Crippen LogP contribution in [0, 0.1) is 0 Å². The first-order valence-corrected chi connectivity index (χ1v) is 8.84. The average molecular weight is 289 g/mol. The third-order valence-corrected chi connectivity index (χ3v) is 4.62. The molecule has 2 aliphatic rings. The van der Waals surface area contributed by atoms with Gasteiger partial charge in [0.1, 0.15) is 0 Å². The zero-order chi connectivity index (χ0) is 13.9. The van der Waals surface area contributed by atoms with Crippen LogP contribution in [0.15, 0.2) is 0 Å². The van der Waals surface area contributed by atoms with Crippen LogP contribution >= 0.6 is 0 Å². The van der Waals surface area contributed by atoms with Crippen molar-refractivity contribution in [2.75, 3.05) is 25.9 Å². The van der Waals surface area contributed by atoms with E-state index in [1.807, 2.05) is 0 Å². The molecule has 2 rings (SSSR count). The Kier molecular flexibility index (Phi) is 4.81. The summed E-state index contributed by atoms with van der Waals surface area (Å²) in [5.41, 5.74) is 0. The molecule has 0 saturated carbocycles. The van der Waals surface area contributed by atoms with Crippen molar-refractivity contribution in [2.45, 2.75) is 44.2 Å². The number of amides is 1. The molecule has 1 unspecified atom stereocenters. The van der Waals surface area contributed by atoms with E-state index in [0.717, 1.165) is 51.7 Å². The summed E-state index contributed by atoms with van der Waals surface area (Å²) in [6.45, 7) is 2.35. The Morgan fingerprint density at radius 3 is 2.53 bits per heavy atom. The second-order valence-electron chi connectivity index (χ2n) is 5.50. The highest BCUT2D eigenvalue weighted by molar-refractivity contribution is 7.88. The van der Waals surface area contributed by atoms with Crippen LogP contribution < -0.4 is 10.0 Å². The molecule has 2 saturated heterocycles. The second kappa shape index (κ2) is 6.19. The fraction of sp³-hybridized carbons (Fsp3) is 0.917. The Bertz CT molecular complexity index is 416. The van der Waals surface area contributed by atoms with Crippen molar-refractivity contribution in [1.82, 2.24) is 14.9 Å². The SMILES string of the molecule is CS(=O)(=O)NC1CCN(C2CCCCNC2=O)CC1. The van der Waals surface area contributed by atoms with Crippen LogP contribution in [-0.4, -0.2) is 57.2 Å². The second-order valence-corrected chi connectivity index (χ2v) is 7.28. The van der Waals surface area contributed by atoms with Gasteiger partial charge >= 0.3 is 0 Å². The summed E-state index contributed by atoms with van der Waals surface area (Å²) in [6.07, 6.45) is 5.78.